The number of sulfone groups is 1. The average Bonchev–Trinajstić information content (AvgIpc) is 3.39. The van der Waals surface area contributed by atoms with Crippen molar-refractivity contribution in [3.8, 4) is 17.0 Å². The Kier molecular flexibility index (Phi) is 8.71. The zero-order valence-electron chi connectivity index (χ0n) is 24.7. The number of likely N-dealkylation sites (tertiary alicyclic amines) is 1. The van der Waals surface area contributed by atoms with Crippen LogP contribution in [0.4, 0.5) is 10.5 Å². The molecule has 3 amide bonds. The Hall–Kier alpha value is -3.42. The molecule has 2 aromatic carbocycles. The van der Waals surface area contributed by atoms with Crippen LogP contribution in [0.2, 0.25) is 0 Å². The van der Waals surface area contributed by atoms with Gasteiger partial charge in [-0.1, -0.05) is 35.0 Å². The first kappa shape index (κ1) is 30.6. The first-order valence-electron chi connectivity index (χ1n) is 15.1. The number of anilines is 1. The molecule has 3 aliphatic heterocycles. The van der Waals surface area contributed by atoms with Gasteiger partial charge in [0.2, 0.25) is 0 Å². The minimum absolute atomic E-state index is 0.00230. The van der Waals surface area contributed by atoms with Crippen LogP contribution in [0.15, 0.2) is 51.8 Å². The van der Waals surface area contributed by atoms with Gasteiger partial charge in [-0.25, -0.2) is 13.2 Å². The standard InChI is InChI=1S/C31H37BrN6O5S/c1-2-44(41,42)24-8-9-28-27(18-24)38(29(39)20-43-28)23-10-15-35(16-11-23)13-3-14-37-26-12-17-36(31(33)40)19-25(26)30(34-37)21-4-6-22(32)7-5-21/h4-9,18,23H,2-3,10-17,19-20H2,1H3,(H2,33,40). The minimum atomic E-state index is -3.41. The fourth-order valence-electron chi connectivity index (χ4n) is 6.46. The number of urea groups is 1. The van der Waals surface area contributed by atoms with E-state index in [1.807, 2.05) is 24.3 Å². The van der Waals surface area contributed by atoms with Crippen molar-refractivity contribution in [3.05, 3.63) is 58.2 Å². The lowest BCUT2D eigenvalue weighted by molar-refractivity contribution is -0.122. The van der Waals surface area contributed by atoms with Gasteiger partial charge in [-0.15, -0.1) is 0 Å². The molecule has 0 atom stereocenters. The van der Waals surface area contributed by atoms with E-state index in [2.05, 4.69) is 25.5 Å². The predicted octanol–water partition coefficient (Wildman–Crippen LogP) is 3.82. The van der Waals surface area contributed by atoms with Crippen LogP contribution < -0.4 is 15.4 Å². The van der Waals surface area contributed by atoms with Gasteiger partial charge in [0.05, 0.1) is 28.6 Å². The molecule has 1 aromatic heterocycles. The molecule has 0 radical (unpaired) electrons. The SMILES string of the molecule is CCS(=O)(=O)c1ccc2c(c1)N(C1CCN(CCCn3nc(-c4ccc(Br)cc4)c4c3CCN(C(N)=O)C4)CC1)C(=O)CO2. The number of carbonyl (C=O) groups excluding carboxylic acids is 2. The van der Waals surface area contributed by atoms with Gasteiger partial charge in [-0.3, -0.25) is 9.48 Å². The summed E-state index contributed by atoms with van der Waals surface area (Å²) < 4.78 is 33.8. The molecule has 234 valence electrons. The molecule has 0 unspecified atom stereocenters. The summed E-state index contributed by atoms with van der Waals surface area (Å²) in [4.78, 5) is 31.0. The van der Waals surface area contributed by atoms with Crippen LogP contribution in [0.3, 0.4) is 0 Å². The number of hydrogen-bond donors (Lipinski definition) is 1. The van der Waals surface area contributed by atoms with E-state index in [4.69, 9.17) is 15.6 Å². The van der Waals surface area contributed by atoms with Crippen LogP contribution >= 0.6 is 15.9 Å². The number of rotatable bonds is 8. The summed E-state index contributed by atoms with van der Waals surface area (Å²) in [5, 5.41) is 5.01. The van der Waals surface area contributed by atoms with Crippen molar-refractivity contribution in [2.45, 2.75) is 56.6 Å². The quantitative estimate of drug-likeness (QED) is 0.382. The van der Waals surface area contributed by atoms with E-state index < -0.39 is 15.9 Å². The third-order valence-electron chi connectivity index (χ3n) is 8.88. The molecule has 0 saturated carbocycles. The van der Waals surface area contributed by atoms with Crippen molar-refractivity contribution < 1.29 is 22.7 Å². The first-order chi connectivity index (χ1) is 21.1. The fraction of sp³-hybridized carbons (Fsp3) is 0.452. The molecule has 0 bridgehead atoms. The molecule has 0 spiro atoms. The maximum atomic E-state index is 13.0. The lowest BCUT2D eigenvalue weighted by atomic mass is 10.0. The molecular weight excluding hydrogens is 648 g/mol. The second kappa shape index (κ2) is 12.5. The summed E-state index contributed by atoms with van der Waals surface area (Å²) in [6.45, 7) is 5.95. The van der Waals surface area contributed by atoms with Crippen molar-refractivity contribution in [1.82, 2.24) is 19.6 Å². The number of nitrogens with zero attached hydrogens (tertiary/aromatic N) is 5. The van der Waals surface area contributed by atoms with Crippen molar-refractivity contribution in [2.75, 3.05) is 43.4 Å². The molecule has 4 heterocycles. The van der Waals surface area contributed by atoms with Crippen LogP contribution in [-0.4, -0.2) is 84.5 Å². The minimum Gasteiger partial charge on any atom is -0.482 e. The number of amides is 3. The summed E-state index contributed by atoms with van der Waals surface area (Å²) in [6.07, 6.45) is 3.21. The molecule has 44 heavy (non-hydrogen) atoms. The third-order valence-corrected chi connectivity index (χ3v) is 11.1. The summed E-state index contributed by atoms with van der Waals surface area (Å²) in [5.41, 5.74) is 10.3. The van der Waals surface area contributed by atoms with E-state index in [1.54, 1.807) is 34.9 Å². The maximum absolute atomic E-state index is 13.0. The summed E-state index contributed by atoms with van der Waals surface area (Å²) in [7, 11) is -3.41. The zero-order chi connectivity index (χ0) is 31.0. The van der Waals surface area contributed by atoms with Crippen LogP contribution in [0.1, 0.15) is 37.4 Å². The number of benzene rings is 2. The number of carbonyl (C=O) groups is 2. The highest BCUT2D eigenvalue weighted by atomic mass is 79.9. The predicted molar refractivity (Wildman–Crippen MR) is 170 cm³/mol. The number of piperidine rings is 1. The number of primary amides is 1. The Morgan fingerprint density at radius 1 is 1.09 bits per heavy atom. The highest BCUT2D eigenvalue weighted by Gasteiger charge is 2.35. The zero-order valence-corrected chi connectivity index (χ0v) is 27.1. The Morgan fingerprint density at radius 2 is 1.84 bits per heavy atom. The molecule has 13 heteroatoms. The highest BCUT2D eigenvalue weighted by molar-refractivity contribution is 9.10. The number of aryl methyl sites for hydroxylation is 1. The molecule has 0 aliphatic carbocycles. The fourth-order valence-corrected chi connectivity index (χ4v) is 7.62. The van der Waals surface area contributed by atoms with E-state index in [0.717, 1.165) is 72.4 Å². The second-order valence-corrected chi connectivity index (χ2v) is 14.7. The normalized spacial score (nSPS) is 17.7. The largest absolute Gasteiger partial charge is 0.482 e. The lowest BCUT2D eigenvalue weighted by Crippen LogP contribution is -2.50. The van der Waals surface area contributed by atoms with Gasteiger partial charge in [0.15, 0.2) is 16.4 Å². The second-order valence-electron chi connectivity index (χ2n) is 11.5. The Bertz CT molecular complexity index is 1670. The van der Waals surface area contributed by atoms with Gasteiger partial charge in [0.1, 0.15) is 5.75 Å². The molecule has 3 aromatic rings. The van der Waals surface area contributed by atoms with Crippen LogP contribution in [0.5, 0.6) is 5.75 Å². The number of hydrogen-bond acceptors (Lipinski definition) is 7. The van der Waals surface area contributed by atoms with Crippen molar-refractivity contribution >= 4 is 43.4 Å². The van der Waals surface area contributed by atoms with Crippen molar-refractivity contribution in [1.29, 1.82) is 0 Å². The lowest BCUT2D eigenvalue weighted by Gasteiger charge is -2.40. The molecule has 2 N–H and O–H groups in total. The number of ether oxygens (including phenoxy) is 1. The van der Waals surface area contributed by atoms with E-state index in [0.29, 0.717) is 30.9 Å². The van der Waals surface area contributed by atoms with E-state index in [1.165, 1.54) is 0 Å². The van der Waals surface area contributed by atoms with Crippen LogP contribution in [0, 0.1) is 0 Å². The average molecular weight is 686 g/mol. The molecule has 1 saturated heterocycles. The maximum Gasteiger partial charge on any atom is 0.315 e. The van der Waals surface area contributed by atoms with E-state index >= 15 is 0 Å². The summed E-state index contributed by atoms with van der Waals surface area (Å²) in [6, 6.07) is 12.4. The smallest absolute Gasteiger partial charge is 0.315 e. The van der Waals surface area contributed by atoms with Gasteiger partial charge < -0.3 is 25.2 Å². The van der Waals surface area contributed by atoms with Gasteiger partial charge in [0.25, 0.3) is 5.91 Å². The van der Waals surface area contributed by atoms with Crippen LogP contribution in [-0.2, 0) is 34.1 Å². The first-order valence-corrected chi connectivity index (χ1v) is 17.5. The van der Waals surface area contributed by atoms with Gasteiger partial charge >= 0.3 is 6.03 Å². The van der Waals surface area contributed by atoms with E-state index in [-0.39, 0.29) is 29.2 Å². The molecule has 6 rings (SSSR count). The van der Waals surface area contributed by atoms with Crippen molar-refractivity contribution in [2.24, 2.45) is 5.73 Å². The van der Waals surface area contributed by atoms with E-state index in [9.17, 15) is 18.0 Å². The summed E-state index contributed by atoms with van der Waals surface area (Å²) >= 11 is 3.50. The van der Waals surface area contributed by atoms with Gasteiger partial charge in [0, 0.05) is 59.9 Å². The Balaban J connectivity index is 1.10. The Labute approximate surface area is 266 Å². The molecule has 1 fully saturated rings. The molecule has 11 nitrogen and oxygen atoms in total. The number of aromatic nitrogens is 2. The van der Waals surface area contributed by atoms with Crippen LogP contribution in [0.25, 0.3) is 11.3 Å². The van der Waals surface area contributed by atoms with Crippen molar-refractivity contribution in [3.63, 3.8) is 0 Å². The number of halogens is 1. The number of fused-ring (bicyclic) bond motifs is 2. The number of nitrogens with two attached hydrogens (primary N) is 1. The molecule has 3 aliphatic rings. The Morgan fingerprint density at radius 3 is 2.55 bits per heavy atom. The van der Waals surface area contributed by atoms with Gasteiger partial charge in [-0.05, 0) is 56.1 Å². The monoisotopic (exact) mass is 684 g/mol. The third kappa shape index (κ3) is 6.09. The molecular formula is C31H37BrN6O5S. The summed E-state index contributed by atoms with van der Waals surface area (Å²) in [5.74, 6) is 0.408. The topological polar surface area (TPSA) is 131 Å². The van der Waals surface area contributed by atoms with Gasteiger partial charge in [-0.2, -0.15) is 5.10 Å². The highest BCUT2D eigenvalue weighted by Crippen LogP contribution is 2.38.